The van der Waals surface area contributed by atoms with Crippen LogP contribution < -0.4 is 15.5 Å². The summed E-state index contributed by atoms with van der Waals surface area (Å²) in [7, 11) is 7.75. The van der Waals surface area contributed by atoms with Crippen molar-refractivity contribution in [3.63, 3.8) is 0 Å². The molecule has 0 spiro atoms. The van der Waals surface area contributed by atoms with Crippen molar-refractivity contribution in [3.8, 4) is 0 Å². The molecule has 8 heterocycles. The number of nitrogens with one attached hydrogen (secondary N) is 2. The zero-order valence-corrected chi connectivity index (χ0v) is 49.3. The van der Waals surface area contributed by atoms with Crippen LogP contribution in [0, 0.1) is 20.8 Å². The number of piperazine rings is 2. The molecule has 87 heavy (non-hydrogen) atoms. The fourth-order valence-electron chi connectivity index (χ4n) is 10.4. The summed E-state index contributed by atoms with van der Waals surface area (Å²) < 4.78 is 67.4. The highest BCUT2D eigenvalue weighted by molar-refractivity contribution is 6.16. The van der Waals surface area contributed by atoms with Crippen LogP contribution >= 0.6 is 11.6 Å². The van der Waals surface area contributed by atoms with Gasteiger partial charge in [0, 0.05) is 122 Å². The summed E-state index contributed by atoms with van der Waals surface area (Å²) >= 11 is 5.58. The number of hydrogen-bond acceptors (Lipinski definition) is 16. The Morgan fingerprint density at radius 3 is 1.77 bits per heavy atom. The normalized spacial score (nSPS) is 17.8. The molecule has 0 saturated carbocycles. The summed E-state index contributed by atoms with van der Waals surface area (Å²) in [6.45, 7) is 14.9. The van der Waals surface area contributed by atoms with Gasteiger partial charge in [0.15, 0.2) is 5.78 Å². The van der Waals surface area contributed by atoms with Crippen molar-refractivity contribution in [2.24, 2.45) is 0 Å². The van der Waals surface area contributed by atoms with Crippen LogP contribution in [0.5, 0.6) is 0 Å². The van der Waals surface area contributed by atoms with Crippen LogP contribution in [-0.4, -0.2) is 159 Å². The number of hydrogen-bond donors (Lipinski definition) is 2. The third kappa shape index (κ3) is 20.9. The van der Waals surface area contributed by atoms with Crippen molar-refractivity contribution in [1.29, 1.82) is 0 Å². The molecule has 0 radical (unpaired) electrons. The van der Waals surface area contributed by atoms with E-state index in [0.29, 0.717) is 60.8 Å². The molecule has 16 nitrogen and oxygen atoms in total. The summed E-state index contributed by atoms with van der Waals surface area (Å²) in [6.07, 6.45) is 10.3. The lowest BCUT2D eigenvalue weighted by molar-refractivity contribution is -0.0512. The van der Waals surface area contributed by atoms with E-state index in [9.17, 15) is 31.5 Å². The maximum atomic E-state index is 14.7. The number of likely N-dealkylation sites (N-methyl/N-ethyl adjacent to an activating group) is 2. The minimum atomic E-state index is -3.22. The van der Waals surface area contributed by atoms with Crippen LogP contribution in [0.2, 0.25) is 0 Å². The Bertz CT molecular complexity index is 3140. The number of nitrogens with zero attached hydrogens (tertiary/aromatic N) is 12. The van der Waals surface area contributed by atoms with Gasteiger partial charge in [0.1, 0.15) is 40.7 Å². The summed E-state index contributed by atoms with van der Waals surface area (Å²) in [6, 6.07) is 17.8. The number of fused-ring (bicyclic) bond motifs is 4. The smallest absolute Gasteiger partial charge is 0.311 e. The Balaban J connectivity index is 0.000000288. The number of aromatic nitrogens is 8. The fraction of sp³-hybridized carbons (Fsp3) is 0.508. The number of rotatable bonds is 6. The highest BCUT2D eigenvalue weighted by Gasteiger charge is 2.45. The molecule has 6 aromatic heterocycles. The van der Waals surface area contributed by atoms with E-state index < -0.39 is 30.1 Å². The Hall–Kier alpha value is -6.78. The fourth-order valence-corrected chi connectivity index (χ4v) is 10.5. The molecule has 476 valence electrons. The number of allylic oxidation sites excluding steroid dienone is 1. The van der Waals surface area contributed by atoms with Crippen LogP contribution in [-0.2, 0) is 38.1 Å². The number of aryl methyl sites for hydroxylation is 7. The quantitative estimate of drug-likeness (QED) is 0.119. The van der Waals surface area contributed by atoms with E-state index in [2.05, 4.69) is 79.3 Å². The van der Waals surface area contributed by atoms with Gasteiger partial charge in [0.25, 0.3) is 5.92 Å². The third-order valence-corrected chi connectivity index (χ3v) is 15.0. The van der Waals surface area contributed by atoms with Gasteiger partial charge in [-0.15, -0.1) is 11.6 Å². The Morgan fingerprint density at radius 2 is 1.18 bits per heavy atom. The second kappa shape index (κ2) is 35.3. The SMILES string of the molecule is C.C.C.C.CN1CCNCC1.CNC1c2ncccc2CCC1(F)F.Cc1cc(CCl)nc(C)n1.Cc1nc(CN(C)C2=C(F)CCc3cccnc32)cc(N2CCN(C)CC2)n1.O=C1CCCc2cccnc21.O=C1c2ncccc2CCC1(F)F. The number of pyridine rings is 4. The van der Waals surface area contributed by atoms with Crippen LogP contribution in [0.15, 0.2) is 91.3 Å². The topological polar surface area (TPSA) is 174 Å². The molecule has 22 heteroatoms. The first-order valence-electron chi connectivity index (χ1n) is 28.2. The maximum Gasteiger partial charge on any atom is 0.311 e. The minimum Gasteiger partial charge on any atom is -0.365 e. The third-order valence-electron chi connectivity index (χ3n) is 14.8. The van der Waals surface area contributed by atoms with Crippen LogP contribution in [0.1, 0.15) is 151 Å². The molecular weight excluding hydrogens is 1140 g/mol. The molecule has 2 fully saturated rings. The van der Waals surface area contributed by atoms with Gasteiger partial charge in [0.2, 0.25) is 5.78 Å². The summed E-state index contributed by atoms with van der Waals surface area (Å²) in [5.41, 5.74) is 8.98. The van der Waals surface area contributed by atoms with E-state index in [1.165, 1.54) is 19.3 Å². The maximum absolute atomic E-state index is 14.7. The van der Waals surface area contributed by atoms with E-state index >= 15 is 0 Å². The lowest BCUT2D eigenvalue weighted by Crippen LogP contribution is -2.45. The number of Topliss-reactive ketones (excluding diaryl/α,β-unsaturated/α-hetero) is 2. The van der Waals surface area contributed by atoms with E-state index in [1.807, 2.05) is 75.2 Å². The number of alkyl halides is 5. The van der Waals surface area contributed by atoms with Crippen molar-refractivity contribution < 1.29 is 31.5 Å². The van der Waals surface area contributed by atoms with E-state index in [-0.39, 0.29) is 59.9 Å². The Labute approximate surface area is 518 Å². The van der Waals surface area contributed by atoms with E-state index in [4.69, 9.17) is 11.6 Å². The van der Waals surface area contributed by atoms with Gasteiger partial charge in [-0.25, -0.2) is 33.1 Å². The first kappa shape index (κ1) is 74.5. The van der Waals surface area contributed by atoms with Crippen molar-refractivity contribution in [1.82, 2.24) is 65.2 Å². The molecule has 1 atom stereocenters. The Kier molecular flexibility index (Phi) is 30.2. The molecule has 4 aliphatic carbocycles. The Morgan fingerprint density at radius 1 is 0.644 bits per heavy atom. The lowest BCUT2D eigenvalue weighted by atomic mass is 9.89. The zero-order valence-electron chi connectivity index (χ0n) is 48.5. The molecular formula is C65H92ClF5N14O2. The molecule has 2 saturated heterocycles. The van der Waals surface area contributed by atoms with Crippen molar-refractivity contribution in [2.45, 2.75) is 139 Å². The molecule has 0 aromatic carbocycles. The van der Waals surface area contributed by atoms with Crippen molar-refractivity contribution >= 4 is 34.7 Å². The lowest BCUT2D eigenvalue weighted by Gasteiger charge is -2.33. The zero-order chi connectivity index (χ0) is 59.7. The first-order chi connectivity index (χ1) is 39.8. The minimum absolute atomic E-state index is 0. The van der Waals surface area contributed by atoms with Gasteiger partial charge in [-0.2, -0.15) is 8.78 Å². The van der Waals surface area contributed by atoms with E-state index in [0.717, 1.165) is 109 Å². The number of carbonyl (C=O) groups excluding carboxylic acids is 2. The highest BCUT2D eigenvalue weighted by Crippen LogP contribution is 2.40. The molecule has 0 amide bonds. The predicted octanol–water partition coefficient (Wildman–Crippen LogP) is 11.9. The van der Waals surface area contributed by atoms with Crippen LogP contribution in [0.3, 0.4) is 0 Å². The standard InChI is InChI=1S/C21H27FN6.C10H12F2N2.C9H7F2NO.C9H9NO.C7H9ClN2.C5H12N2.4CH4/c1-15-24-17(13-19(25-15)28-11-9-26(2)10-12-28)14-27(3)21-18(22)7-6-16-5-4-8-23-20(16)21;1-13-9-8-7(3-2-6-14-8)4-5-10(9,11)12;10-9(11)4-3-6-2-1-5-12-7(6)8(9)13;11-8-5-1-3-7-4-2-6-10-9(7)8;1-5-3-7(4-8)10-6(2)9-5;1-7-4-2-6-3-5-7;;;;/h4-5,8,13H,6-7,9-12,14H2,1-3H3;2-3,6,9,13H,4-5H2,1H3;1-2,5H,3-4H2;2,4,6H,1,3,5H2;3H,4H2,1-2H3;6H,2-5H2,1H3;4*1H4. The van der Waals surface area contributed by atoms with Gasteiger partial charge in [-0.05, 0) is 127 Å². The number of ketones is 2. The van der Waals surface area contributed by atoms with Crippen LogP contribution in [0.25, 0.3) is 5.70 Å². The molecule has 2 aliphatic heterocycles. The molecule has 0 bridgehead atoms. The van der Waals surface area contributed by atoms with Gasteiger partial charge in [-0.1, -0.05) is 54.0 Å². The number of carbonyl (C=O) groups is 2. The molecule has 12 rings (SSSR count). The summed E-state index contributed by atoms with van der Waals surface area (Å²) in [5, 5.41) is 5.91. The second-order valence-electron chi connectivity index (χ2n) is 21.3. The summed E-state index contributed by atoms with van der Waals surface area (Å²) in [4.78, 5) is 64.9. The summed E-state index contributed by atoms with van der Waals surface area (Å²) in [5.74, 6) is -3.99. The van der Waals surface area contributed by atoms with Gasteiger partial charge in [0.05, 0.1) is 40.9 Å². The highest BCUT2D eigenvalue weighted by atomic mass is 35.5. The van der Waals surface area contributed by atoms with Gasteiger partial charge >= 0.3 is 5.92 Å². The van der Waals surface area contributed by atoms with Gasteiger partial charge < -0.3 is 30.2 Å². The molecule has 1 unspecified atom stereocenters. The molecule has 6 aromatic rings. The van der Waals surface area contributed by atoms with E-state index in [1.54, 1.807) is 43.8 Å². The molecule has 6 aliphatic rings. The van der Waals surface area contributed by atoms with Crippen molar-refractivity contribution in [2.75, 3.05) is 85.4 Å². The predicted molar refractivity (Wildman–Crippen MR) is 340 cm³/mol. The largest absolute Gasteiger partial charge is 0.365 e. The average molecular weight is 1230 g/mol. The number of anilines is 1. The average Bonchev–Trinajstić information content (AvgIpc) is 2.68. The molecule has 2 N–H and O–H groups in total. The van der Waals surface area contributed by atoms with Crippen molar-refractivity contribution in [3.05, 3.63) is 165 Å². The second-order valence-corrected chi connectivity index (χ2v) is 21.5. The van der Waals surface area contributed by atoms with Gasteiger partial charge in [-0.3, -0.25) is 29.5 Å². The van der Waals surface area contributed by atoms with Crippen LogP contribution in [0.4, 0.5) is 27.8 Å². The first-order valence-corrected chi connectivity index (χ1v) is 28.7. The number of halogens is 6. The monoisotopic (exact) mass is 1230 g/mol.